The fourth-order valence-corrected chi connectivity index (χ4v) is 1.83. The van der Waals surface area contributed by atoms with Crippen molar-refractivity contribution in [3.63, 3.8) is 0 Å². The monoisotopic (exact) mass is 177 g/mol. The first-order valence-electron chi connectivity index (χ1n) is 5.23. The first-order chi connectivity index (χ1) is 6.07. The zero-order chi connectivity index (χ0) is 9.47. The zero-order valence-electron chi connectivity index (χ0n) is 8.88. The van der Waals surface area contributed by atoms with E-state index in [1.165, 1.54) is 25.1 Å². The van der Waals surface area contributed by atoms with E-state index in [9.17, 15) is 0 Å². The summed E-state index contributed by atoms with van der Waals surface area (Å²) in [6, 6.07) is 4.42. The third kappa shape index (κ3) is 1.96. The van der Waals surface area contributed by atoms with Crippen molar-refractivity contribution >= 4 is 0 Å². The van der Waals surface area contributed by atoms with Crippen LogP contribution in [0.15, 0.2) is 18.3 Å². The van der Waals surface area contributed by atoms with E-state index in [1.54, 1.807) is 0 Å². The van der Waals surface area contributed by atoms with Crippen molar-refractivity contribution in [2.24, 2.45) is 5.92 Å². The molecular weight excluding hydrogens is 158 g/mol. The van der Waals surface area contributed by atoms with Crippen LogP contribution in [-0.4, -0.2) is 4.57 Å². The summed E-state index contributed by atoms with van der Waals surface area (Å²) in [6.45, 7) is 8.09. The normalized spacial score (nSPS) is 17.8. The minimum absolute atomic E-state index is 0.290. The number of hydrogen-bond donors (Lipinski definition) is 0. The van der Waals surface area contributed by atoms with Gasteiger partial charge >= 0.3 is 0 Å². The highest BCUT2D eigenvalue weighted by Gasteiger charge is 2.24. The summed E-state index contributed by atoms with van der Waals surface area (Å²) in [5, 5.41) is 0. The Morgan fingerprint density at radius 1 is 1.38 bits per heavy atom. The van der Waals surface area contributed by atoms with Crippen molar-refractivity contribution in [3.8, 4) is 0 Å². The predicted molar refractivity (Wildman–Crippen MR) is 55.9 cm³/mol. The molecule has 0 spiro atoms. The fraction of sp³-hybridized carbons (Fsp3) is 0.667. The third-order valence-electron chi connectivity index (χ3n) is 2.75. The smallest absolute Gasteiger partial charge is 0.0250 e. The van der Waals surface area contributed by atoms with Gasteiger partial charge in [-0.2, -0.15) is 0 Å². The van der Waals surface area contributed by atoms with Gasteiger partial charge in [0.1, 0.15) is 0 Å². The van der Waals surface area contributed by atoms with Crippen molar-refractivity contribution in [3.05, 3.63) is 24.0 Å². The molecule has 0 atom stereocenters. The molecule has 1 saturated carbocycles. The van der Waals surface area contributed by atoms with Crippen molar-refractivity contribution < 1.29 is 0 Å². The van der Waals surface area contributed by atoms with Crippen LogP contribution in [-0.2, 0) is 12.0 Å². The van der Waals surface area contributed by atoms with Gasteiger partial charge in [0.05, 0.1) is 0 Å². The van der Waals surface area contributed by atoms with E-state index in [-0.39, 0.29) is 0 Å². The standard InChI is InChI=1S/C12H19N/c1-12(2,3)11-5-4-8-13(11)9-10-6-7-10/h4-5,8,10H,6-7,9H2,1-3H3. The largest absolute Gasteiger partial charge is 0.351 e. The van der Waals surface area contributed by atoms with Gasteiger partial charge in [-0.05, 0) is 30.9 Å². The van der Waals surface area contributed by atoms with Crippen LogP contribution in [0.4, 0.5) is 0 Å². The number of aromatic nitrogens is 1. The lowest BCUT2D eigenvalue weighted by molar-refractivity contribution is 0.501. The summed E-state index contributed by atoms with van der Waals surface area (Å²) < 4.78 is 2.43. The molecule has 0 bridgehead atoms. The topological polar surface area (TPSA) is 4.93 Å². The summed E-state index contributed by atoms with van der Waals surface area (Å²) in [4.78, 5) is 0. The van der Waals surface area contributed by atoms with Gasteiger partial charge < -0.3 is 4.57 Å². The van der Waals surface area contributed by atoms with E-state index in [0.717, 1.165) is 5.92 Å². The van der Waals surface area contributed by atoms with Gasteiger partial charge in [0.15, 0.2) is 0 Å². The third-order valence-corrected chi connectivity index (χ3v) is 2.75. The van der Waals surface area contributed by atoms with Crippen molar-refractivity contribution in [1.29, 1.82) is 0 Å². The molecule has 1 fully saturated rings. The van der Waals surface area contributed by atoms with Crippen molar-refractivity contribution in [2.45, 2.75) is 45.6 Å². The molecule has 0 aromatic carbocycles. The molecule has 0 N–H and O–H groups in total. The highest BCUT2D eigenvalue weighted by molar-refractivity contribution is 5.16. The van der Waals surface area contributed by atoms with Gasteiger partial charge in [-0.15, -0.1) is 0 Å². The van der Waals surface area contributed by atoms with E-state index in [1.807, 2.05) is 0 Å². The van der Waals surface area contributed by atoms with E-state index in [4.69, 9.17) is 0 Å². The fourth-order valence-electron chi connectivity index (χ4n) is 1.83. The van der Waals surface area contributed by atoms with Crippen LogP contribution in [0.1, 0.15) is 39.3 Å². The molecule has 1 aromatic heterocycles. The second-order valence-electron chi connectivity index (χ2n) is 5.24. The molecule has 1 heteroatoms. The van der Waals surface area contributed by atoms with Gasteiger partial charge in [0.2, 0.25) is 0 Å². The molecule has 13 heavy (non-hydrogen) atoms. The minimum Gasteiger partial charge on any atom is -0.351 e. The first-order valence-corrected chi connectivity index (χ1v) is 5.23. The Morgan fingerprint density at radius 3 is 2.62 bits per heavy atom. The van der Waals surface area contributed by atoms with Crippen LogP contribution in [0.5, 0.6) is 0 Å². The van der Waals surface area contributed by atoms with Crippen LogP contribution in [0.25, 0.3) is 0 Å². The van der Waals surface area contributed by atoms with Crippen LogP contribution in [0, 0.1) is 5.92 Å². The molecule has 1 heterocycles. The second kappa shape index (κ2) is 2.90. The van der Waals surface area contributed by atoms with Crippen molar-refractivity contribution in [2.75, 3.05) is 0 Å². The van der Waals surface area contributed by atoms with Crippen LogP contribution >= 0.6 is 0 Å². The minimum atomic E-state index is 0.290. The quantitative estimate of drug-likeness (QED) is 0.653. The Balaban J connectivity index is 2.19. The molecule has 0 unspecified atom stereocenters. The Hall–Kier alpha value is -0.720. The molecule has 1 aromatic rings. The summed E-state index contributed by atoms with van der Waals surface area (Å²) in [5.74, 6) is 0.966. The lowest BCUT2D eigenvalue weighted by atomic mass is 9.92. The number of rotatable bonds is 2. The molecule has 1 aliphatic rings. The maximum absolute atomic E-state index is 2.43. The average molecular weight is 177 g/mol. The molecule has 0 saturated heterocycles. The Morgan fingerprint density at radius 2 is 2.08 bits per heavy atom. The van der Waals surface area contributed by atoms with Crippen LogP contribution in [0.3, 0.4) is 0 Å². The Labute approximate surface area is 80.8 Å². The average Bonchev–Trinajstić information content (AvgIpc) is 2.63. The van der Waals surface area contributed by atoms with Gasteiger partial charge in [0, 0.05) is 23.9 Å². The van der Waals surface area contributed by atoms with Crippen LogP contribution < -0.4 is 0 Å². The lowest BCUT2D eigenvalue weighted by Crippen LogP contribution is -2.17. The summed E-state index contributed by atoms with van der Waals surface area (Å²) in [6.07, 6.45) is 5.09. The highest BCUT2D eigenvalue weighted by atomic mass is 15.0. The van der Waals surface area contributed by atoms with Gasteiger partial charge in [-0.3, -0.25) is 0 Å². The summed E-state index contributed by atoms with van der Waals surface area (Å²) in [5.41, 5.74) is 1.76. The van der Waals surface area contributed by atoms with E-state index in [0.29, 0.717) is 5.41 Å². The van der Waals surface area contributed by atoms with Crippen LogP contribution in [0.2, 0.25) is 0 Å². The molecule has 0 aliphatic heterocycles. The lowest BCUT2D eigenvalue weighted by Gasteiger charge is -2.21. The first kappa shape index (κ1) is 8.86. The maximum atomic E-state index is 2.43. The van der Waals surface area contributed by atoms with Crippen molar-refractivity contribution in [1.82, 2.24) is 4.57 Å². The highest BCUT2D eigenvalue weighted by Crippen LogP contribution is 2.32. The molecular formula is C12H19N. The van der Waals surface area contributed by atoms with E-state index < -0.39 is 0 Å². The van der Waals surface area contributed by atoms with E-state index >= 15 is 0 Å². The molecule has 0 radical (unpaired) electrons. The van der Waals surface area contributed by atoms with Gasteiger partial charge in [0.25, 0.3) is 0 Å². The Kier molecular flexibility index (Phi) is 1.98. The Bertz CT molecular complexity index is 286. The summed E-state index contributed by atoms with van der Waals surface area (Å²) in [7, 11) is 0. The van der Waals surface area contributed by atoms with Gasteiger partial charge in [-0.25, -0.2) is 0 Å². The molecule has 0 amide bonds. The van der Waals surface area contributed by atoms with Gasteiger partial charge in [-0.1, -0.05) is 20.8 Å². The zero-order valence-corrected chi connectivity index (χ0v) is 8.88. The molecule has 1 aliphatic carbocycles. The molecule has 2 rings (SSSR count). The summed E-state index contributed by atoms with van der Waals surface area (Å²) >= 11 is 0. The maximum Gasteiger partial charge on any atom is 0.0250 e. The number of nitrogens with zero attached hydrogens (tertiary/aromatic N) is 1. The molecule has 72 valence electrons. The molecule has 1 nitrogen and oxygen atoms in total. The predicted octanol–water partition coefficient (Wildman–Crippen LogP) is 3.20. The van der Waals surface area contributed by atoms with E-state index in [2.05, 4.69) is 43.7 Å². The number of hydrogen-bond acceptors (Lipinski definition) is 0. The SMILES string of the molecule is CC(C)(C)c1cccn1CC1CC1. The second-order valence-corrected chi connectivity index (χ2v) is 5.24.